The van der Waals surface area contributed by atoms with Gasteiger partial charge in [0.15, 0.2) is 0 Å². The first-order chi connectivity index (χ1) is 9.45. The molecule has 0 saturated carbocycles. The molecule has 0 amide bonds. The molecule has 1 aromatic carbocycles. The minimum absolute atomic E-state index is 0.0432. The van der Waals surface area contributed by atoms with E-state index in [-0.39, 0.29) is 10.6 Å². The van der Waals surface area contributed by atoms with E-state index in [2.05, 4.69) is 22.1 Å². The van der Waals surface area contributed by atoms with E-state index in [4.69, 9.17) is 5.84 Å². The number of nitro benzene ring substituents is 1. The van der Waals surface area contributed by atoms with Crippen molar-refractivity contribution in [2.75, 3.05) is 37.5 Å². The van der Waals surface area contributed by atoms with E-state index >= 15 is 0 Å². The number of nitrogens with one attached hydrogen (secondary N) is 1. The fourth-order valence-corrected chi connectivity index (χ4v) is 2.91. The second kappa shape index (κ2) is 5.64. The predicted molar refractivity (Wildman–Crippen MR) is 79.8 cm³/mol. The Bertz CT molecular complexity index is 506. The SMILES string of the molecule is CC1CN(c2cccc(NN)c2[N+](=O)[O-])CC1N(C)C. The van der Waals surface area contributed by atoms with Crippen LogP contribution < -0.4 is 16.2 Å². The van der Waals surface area contributed by atoms with Crippen LogP contribution in [0.4, 0.5) is 17.1 Å². The average molecular weight is 279 g/mol. The predicted octanol–water partition coefficient (Wildman–Crippen LogP) is 1.27. The van der Waals surface area contributed by atoms with Gasteiger partial charge in [-0.05, 0) is 32.1 Å². The summed E-state index contributed by atoms with van der Waals surface area (Å²) in [5.74, 6) is 5.84. The second-order valence-electron chi connectivity index (χ2n) is 5.49. The molecular formula is C13H21N5O2. The third kappa shape index (κ3) is 2.54. The van der Waals surface area contributed by atoms with Gasteiger partial charge in [-0.25, -0.2) is 0 Å². The Balaban J connectivity index is 2.37. The Hall–Kier alpha value is -1.86. The summed E-state index contributed by atoms with van der Waals surface area (Å²) >= 11 is 0. The number of hydrogen-bond acceptors (Lipinski definition) is 6. The van der Waals surface area contributed by atoms with Crippen molar-refractivity contribution in [1.29, 1.82) is 0 Å². The smallest absolute Gasteiger partial charge is 0.316 e. The van der Waals surface area contributed by atoms with Crippen molar-refractivity contribution < 1.29 is 4.92 Å². The van der Waals surface area contributed by atoms with Crippen molar-refractivity contribution in [1.82, 2.24) is 4.90 Å². The van der Waals surface area contributed by atoms with Crippen LogP contribution in [0.2, 0.25) is 0 Å². The molecule has 0 aromatic heterocycles. The molecule has 7 nitrogen and oxygen atoms in total. The van der Waals surface area contributed by atoms with Crippen LogP contribution >= 0.6 is 0 Å². The summed E-state index contributed by atoms with van der Waals surface area (Å²) in [6.45, 7) is 3.75. The van der Waals surface area contributed by atoms with E-state index < -0.39 is 0 Å². The molecule has 0 spiro atoms. The Morgan fingerprint density at radius 2 is 2.15 bits per heavy atom. The summed E-state index contributed by atoms with van der Waals surface area (Å²) in [7, 11) is 4.08. The maximum absolute atomic E-state index is 11.3. The van der Waals surface area contributed by atoms with Crippen LogP contribution in [0.1, 0.15) is 6.92 Å². The minimum atomic E-state index is -0.377. The van der Waals surface area contributed by atoms with Crippen molar-refractivity contribution in [3.63, 3.8) is 0 Å². The molecule has 7 heteroatoms. The quantitative estimate of drug-likeness (QED) is 0.490. The lowest BCUT2D eigenvalue weighted by atomic mass is 10.1. The van der Waals surface area contributed by atoms with Crippen molar-refractivity contribution in [3.8, 4) is 0 Å². The number of nitrogens with zero attached hydrogens (tertiary/aromatic N) is 3. The summed E-state index contributed by atoms with van der Waals surface area (Å²) in [4.78, 5) is 15.2. The normalized spacial score (nSPS) is 22.4. The number of hydrazine groups is 1. The van der Waals surface area contributed by atoms with E-state index in [0.717, 1.165) is 13.1 Å². The number of benzene rings is 1. The molecule has 0 aliphatic carbocycles. The van der Waals surface area contributed by atoms with Gasteiger partial charge in [-0.3, -0.25) is 16.0 Å². The highest BCUT2D eigenvalue weighted by molar-refractivity contribution is 5.77. The fraction of sp³-hybridized carbons (Fsp3) is 0.538. The Kier molecular flexibility index (Phi) is 4.10. The molecule has 2 rings (SSSR count). The van der Waals surface area contributed by atoms with Gasteiger partial charge in [-0.2, -0.15) is 0 Å². The molecule has 0 bridgehead atoms. The zero-order chi connectivity index (χ0) is 14.9. The number of para-hydroxylation sites is 1. The van der Waals surface area contributed by atoms with Gasteiger partial charge in [0.05, 0.1) is 4.92 Å². The van der Waals surface area contributed by atoms with Gasteiger partial charge in [0.25, 0.3) is 0 Å². The van der Waals surface area contributed by atoms with Gasteiger partial charge in [-0.15, -0.1) is 0 Å². The highest BCUT2D eigenvalue weighted by Gasteiger charge is 2.34. The van der Waals surface area contributed by atoms with Gasteiger partial charge in [0, 0.05) is 19.1 Å². The summed E-state index contributed by atoms with van der Waals surface area (Å²) in [6, 6.07) is 5.57. The lowest BCUT2D eigenvalue weighted by Gasteiger charge is -2.23. The van der Waals surface area contributed by atoms with Gasteiger partial charge in [0.2, 0.25) is 0 Å². The second-order valence-corrected chi connectivity index (χ2v) is 5.49. The standard InChI is InChI=1S/C13H21N5O2/c1-9-7-17(8-12(9)16(2)3)11-6-4-5-10(15-14)13(11)18(19)20/h4-6,9,12,15H,7-8,14H2,1-3H3. The third-order valence-electron chi connectivity index (χ3n) is 3.93. The molecule has 1 aliphatic rings. The van der Waals surface area contributed by atoms with Crippen LogP contribution in [0.5, 0.6) is 0 Å². The topological polar surface area (TPSA) is 87.7 Å². The molecule has 20 heavy (non-hydrogen) atoms. The number of nitrogens with two attached hydrogens (primary N) is 1. The van der Waals surface area contributed by atoms with Crippen molar-refractivity contribution in [3.05, 3.63) is 28.3 Å². The van der Waals surface area contributed by atoms with Crippen LogP contribution in [0.25, 0.3) is 0 Å². The highest BCUT2D eigenvalue weighted by Crippen LogP contribution is 2.37. The highest BCUT2D eigenvalue weighted by atomic mass is 16.6. The number of anilines is 2. The Morgan fingerprint density at radius 3 is 2.65 bits per heavy atom. The van der Waals surface area contributed by atoms with E-state index in [1.165, 1.54) is 0 Å². The van der Waals surface area contributed by atoms with Crippen molar-refractivity contribution >= 4 is 17.1 Å². The lowest BCUT2D eigenvalue weighted by molar-refractivity contribution is -0.383. The molecule has 1 aliphatic heterocycles. The number of hydrogen-bond donors (Lipinski definition) is 2. The van der Waals surface area contributed by atoms with E-state index in [0.29, 0.717) is 23.3 Å². The van der Waals surface area contributed by atoms with Gasteiger partial charge in [0.1, 0.15) is 11.4 Å². The third-order valence-corrected chi connectivity index (χ3v) is 3.93. The molecule has 3 N–H and O–H groups in total. The summed E-state index contributed by atoms with van der Waals surface area (Å²) in [5, 5.41) is 11.3. The van der Waals surface area contributed by atoms with E-state index in [1.807, 2.05) is 14.1 Å². The Labute approximate surface area is 118 Å². The first-order valence-corrected chi connectivity index (χ1v) is 6.61. The number of likely N-dealkylation sites (N-methyl/N-ethyl adjacent to an activating group) is 1. The van der Waals surface area contributed by atoms with Crippen LogP contribution in [0.3, 0.4) is 0 Å². The first kappa shape index (κ1) is 14.5. The zero-order valence-electron chi connectivity index (χ0n) is 12.0. The molecule has 1 aromatic rings. The van der Waals surface area contributed by atoms with Crippen LogP contribution in [0.15, 0.2) is 18.2 Å². The van der Waals surface area contributed by atoms with Crippen LogP contribution in [-0.4, -0.2) is 43.0 Å². The zero-order valence-corrected chi connectivity index (χ0v) is 12.0. The summed E-state index contributed by atoms with van der Waals surface area (Å²) in [5.41, 5.74) is 3.42. The first-order valence-electron chi connectivity index (χ1n) is 6.61. The van der Waals surface area contributed by atoms with Crippen molar-refractivity contribution in [2.45, 2.75) is 13.0 Å². The van der Waals surface area contributed by atoms with Gasteiger partial charge < -0.3 is 15.2 Å². The van der Waals surface area contributed by atoms with Gasteiger partial charge >= 0.3 is 5.69 Å². The molecule has 0 radical (unpaired) electrons. The minimum Gasteiger partial charge on any atom is -0.364 e. The fourth-order valence-electron chi connectivity index (χ4n) is 2.91. The number of nitrogen functional groups attached to an aromatic ring is 1. The molecule has 1 saturated heterocycles. The molecule has 110 valence electrons. The number of rotatable bonds is 4. The summed E-state index contributed by atoms with van der Waals surface area (Å²) < 4.78 is 0. The van der Waals surface area contributed by atoms with E-state index in [9.17, 15) is 10.1 Å². The largest absolute Gasteiger partial charge is 0.364 e. The maximum Gasteiger partial charge on any atom is 0.316 e. The number of nitro groups is 1. The van der Waals surface area contributed by atoms with E-state index in [1.54, 1.807) is 18.2 Å². The molecule has 2 unspecified atom stereocenters. The Morgan fingerprint density at radius 1 is 1.45 bits per heavy atom. The summed E-state index contributed by atoms with van der Waals surface area (Å²) in [6.07, 6.45) is 0. The van der Waals surface area contributed by atoms with Crippen molar-refractivity contribution in [2.24, 2.45) is 11.8 Å². The molecule has 2 atom stereocenters. The maximum atomic E-state index is 11.3. The van der Waals surface area contributed by atoms with Crippen LogP contribution in [0, 0.1) is 16.0 Å². The van der Waals surface area contributed by atoms with Gasteiger partial charge in [-0.1, -0.05) is 13.0 Å². The average Bonchev–Trinajstić information content (AvgIpc) is 2.79. The molecule has 1 heterocycles. The molecular weight excluding hydrogens is 258 g/mol. The monoisotopic (exact) mass is 279 g/mol. The van der Waals surface area contributed by atoms with Crippen LogP contribution in [-0.2, 0) is 0 Å². The lowest BCUT2D eigenvalue weighted by Crippen LogP contribution is -2.34. The molecule has 1 fully saturated rings.